The predicted molar refractivity (Wildman–Crippen MR) is 98.4 cm³/mol. The molecule has 0 radical (unpaired) electrons. The van der Waals surface area contributed by atoms with E-state index in [0.717, 1.165) is 17.0 Å². The number of hydrogen-bond acceptors (Lipinski definition) is 4. The first-order valence-corrected chi connectivity index (χ1v) is 11.0. The number of aromatic nitrogens is 2. The molecule has 2 fully saturated rings. The number of carbonyl (C=O) groups is 1. The molecule has 31 heavy (non-hydrogen) atoms. The summed E-state index contributed by atoms with van der Waals surface area (Å²) in [5.41, 5.74) is -1.26. The Balaban J connectivity index is 1.59. The lowest BCUT2D eigenvalue weighted by Crippen LogP contribution is -2.59. The van der Waals surface area contributed by atoms with E-state index in [9.17, 15) is 35.2 Å². The Morgan fingerprint density at radius 1 is 1.16 bits per heavy atom. The molecular formula is C19H18F5N3O3S. The van der Waals surface area contributed by atoms with Gasteiger partial charge in [-0.15, -0.1) is 0 Å². The highest BCUT2D eigenvalue weighted by Gasteiger charge is 2.50. The molecule has 168 valence electrons. The maximum Gasteiger partial charge on any atom is 0.417 e. The monoisotopic (exact) mass is 463 g/mol. The number of carbonyl (C=O) groups excluding carboxylic acids is 1. The zero-order valence-corrected chi connectivity index (χ0v) is 16.8. The Bertz CT molecular complexity index is 1090. The van der Waals surface area contributed by atoms with Gasteiger partial charge in [-0.3, -0.25) is 4.79 Å². The number of nitrogens with zero attached hydrogens (tertiary/aromatic N) is 3. The Hall–Kier alpha value is -2.50. The van der Waals surface area contributed by atoms with Crippen LogP contribution >= 0.6 is 0 Å². The van der Waals surface area contributed by atoms with Gasteiger partial charge in [-0.25, -0.2) is 21.9 Å². The molecule has 1 saturated carbocycles. The molecular weight excluding hydrogens is 445 g/mol. The van der Waals surface area contributed by atoms with Gasteiger partial charge in [0.25, 0.3) is 5.92 Å². The third-order valence-electron chi connectivity index (χ3n) is 5.67. The fourth-order valence-electron chi connectivity index (χ4n) is 4.10. The minimum atomic E-state index is -4.93. The molecule has 2 unspecified atom stereocenters. The fraction of sp³-hybridized carbons (Fsp3) is 0.474. The number of rotatable bonds is 4. The van der Waals surface area contributed by atoms with Gasteiger partial charge < -0.3 is 4.90 Å². The summed E-state index contributed by atoms with van der Waals surface area (Å²) in [5, 5.41) is 2.66. The van der Waals surface area contributed by atoms with Gasteiger partial charge >= 0.3 is 6.18 Å². The maximum absolute atomic E-state index is 13.7. The average Bonchev–Trinajstić information content (AvgIpc) is 3.36. The fourth-order valence-corrected chi connectivity index (χ4v) is 6.13. The molecule has 0 spiro atoms. The standard InChI is InChI=1S/C19H18F5N3O3S/c20-18(21)10-26(11-18)17(28)12-2-4-14(8-12)31(29,30)16-5-3-13(27-7-1-6-25-27)9-15(16)19(22,23)24/h1,3,5-7,9,12,14H,2,4,8,10-11H2. The van der Waals surface area contributed by atoms with Crippen LogP contribution in [-0.4, -0.2) is 53.3 Å². The lowest BCUT2D eigenvalue weighted by Gasteiger charge is -2.40. The predicted octanol–water partition coefficient (Wildman–Crippen LogP) is 3.31. The molecule has 0 bridgehead atoms. The van der Waals surface area contributed by atoms with E-state index in [4.69, 9.17) is 0 Å². The Labute approximate surface area is 174 Å². The van der Waals surface area contributed by atoms with Crippen LogP contribution in [-0.2, 0) is 20.8 Å². The third-order valence-corrected chi connectivity index (χ3v) is 7.95. The highest BCUT2D eigenvalue weighted by molar-refractivity contribution is 7.92. The van der Waals surface area contributed by atoms with Crippen LogP contribution in [0.4, 0.5) is 22.0 Å². The van der Waals surface area contributed by atoms with E-state index >= 15 is 0 Å². The van der Waals surface area contributed by atoms with Gasteiger partial charge in [0.1, 0.15) is 0 Å². The molecule has 0 N–H and O–H groups in total. The van der Waals surface area contributed by atoms with Crippen molar-refractivity contribution >= 4 is 15.7 Å². The van der Waals surface area contributed by atoms with Crippen LogP contribution in [0, 0.1) is 5.92 Å². The number of benzene rings is 1. The molecule has 1 aromatic carbocycles. The second-order valence-electron chi connectivity index (χ2n) is 7.86. The van der Waals surface area contributed by atoms with Crippen molar-refractivity contribution in [2.75, 3.05) is 13.1 Å². The number of sulfone groups is 1. The molecule has 6 nitrogen and oxygen atoms in total. The van der Waals surface area contributed by atoms with Gasteiger partial charge in [0.2, 0.25) is 5.91 Å². The number of amides is 1. The number of halogens is 5. The van der Waals surface area contributed by atoms with Crippen molar-refractivity contribution in [2.45, 2.75) is 41.5 Å². The van der Waals surface area contributed by atoms with Gasteiger partial charge in [0.05, 0.1) is 34.5 Å². The zero-order valence-electron chi connectivity index (χ0n) is 16.0. The lowest BCUT2D eigenvalue weighted by atomic mass is 10.0. The molecule has 1 aliphatic heterocycles. The van der Waals surface area contributed by atoms with Gasteiger partial charge in [-0.2, -0.15) is 18.3 Å². The summed E-state index contributed by atoms with van der Waals surface area (Å²) in [7, 11) is -4.41. The Morgan fingerprint density at radius 3 is 2.45 bits per heavy atom. The smallest absolute Gasteiger partial charge is 0.330 e. The molecule has 1 aromatic heterocycles. The zero-order chi connectivity index (χ0) is 22.6. The first-order valence-electron chi connectivity index (χ1n) is 9.50. The van der Waals surface area contributed by atoms with Gasteiger partial charge in [-0.05, 0) is 43.5 Å². The van der Waals surface area contributed by atoms with Crippen LogP contribution in [0.3, 0.4) is 0 Å². The molecule has 2 aliphatic rings. The summed E-state index contributed by atoms with van der Waals surface area (Å²) in [6.07, 6.45) is -2.21. The first kappa shape index (κ1) is 21.7. The molecule has 1 amide bonds. The Morgan fingerprint density at radius 2 is 1.87 bits per heavy atom. The molecule has 1 saturated heterocycles. The van der Waals surface area contributed by atoms with Gasteiger partial charge in [-0.1, -0.05) is 0 Å². The largest absolute Gasteiger partial charge is 0.417 e. The van der Waals surface area contributed by atoms with Crippen LogP contribution < -0.4 is 0 Å². The summed E-state index contributed by atoms with van der Waals surface area (Å²) < 4.78 is 94.4. The van der Waals surface area contributed by atoms with E-state index in [1.807, 2.05) is 0 Å². The SMILES string of the molecule is O=C(C1CCC(S(=O)(=O)c2ccc(-n3cccn3)cc2C(F)(F)F)C1)N1CC(F)(F)C1. The summed E-state index contributed by atoms with van der Waals surface area (Å²) in [6.45, 7) is -1.43. The maximum atomic E-state index is 13.7. The average molecular weight is 463 g/mol. The van der Waals surface area contributed by atoms with Gasteiger partial charge in [0, 0.05) is 18.3 Å². The van der Waals surface area contributed by atoms with E-state index in [-0.39, 0.29) is 24.9 Å². The van der Waals surface area contributed by atoms with Crippen LogP contribution in [0.15, 0.2) is 41.6 Å². The summed E-state index contributed by atoms with van der Waals surface area (Å²) in [4.78, 5) is 12.4. The molecule has 4 rings (SSSR count). The van der Waals surface area contributed by atoms with Crippen molar-refractivity contribution in [1.29, 1.82) is 0 Å². The van der Waals surface area contributed by atoms with Crippen molar-refractivity contribution in [3.63, 3.8) is 0 Å². The highest BCUT2D eigenvalue weighted by Crippen LogP contribution is 2.41. The molecule has 12 heteroatoms. The molecule has 1 aliphatic carbocycles. The Kier molecular flexibility index (Phi) is 5.10. The van der Waals surface area contributed by atoms with E-state index in [2.05, 4.69) is 5.10 Å². The van der Waals surface area contributed by atoms with E-state index in [0.29, 0.717) is 0 Å². The first-order chi connectivity index (χ1) is 14.4. The quantitative estimate of drug-likeness (QED) is 0.653. The normalized spacial score (nSPS) is 23.6. The minimum absolute atomic E-state index is 0.0127. The third kappa shape index (κ3) is 4.04. The van der Waals surface area contributed by atoms with Crippen LogP contribution in [0.5, 0.6) is 0 Å². The van der Waals surface area contributed by atoms with Crippen molar-refractivity contribution < 1.29 is 35.2 Å². The minimum Gasteiger partial charge on any atom is -0.330 e. The number of hydrogen-bond donors (Lipinski definition) is 0. The highest BCUT2D eigenvalue weighted by atomic mass is 32.2. The second-order valence-corrected chi connectivity index (χ2v) is 10.1. The second kappa shape index (κ2) is 7.28. The van der Waals surface area contributed by atoms with E-state index in [1.165, 1.54) is 29.2 Å². The van der Waals surface area contributed by atoms with E-state index < -0.39 is 62.6 Å². The van der Waals surface area contributed by atoms with Crippen LogP contribution in [0.1, 0.15) is 24.8 Å². The van der Waals surface area contributed by atoms with Crippen molar-refractivity contribution in [1.82, 2.24) is 14.7 Å². The molecule has 2 heterocycles. The van der Waals surface area contributed by atoms with Crippen LogP contribution in [0.2, 0.25) is 0 Å². The summed E-state index contributed by atoms with van der Waals surface area (Å²) in [6, 6.07) is 4.37. The molecule has 2 aromatic rings. The van der Waals surface area contributed by atoms with E-state index in [1.54, 1.807) is 0 Å². The molecule has 2 atom stereocenters. The van der Waals surface area contributed by atoms with Crippen molar-refractivity contribution in [3.8, 4) is 5.69 Å². The van der Waals surface area contributed by atoms with Crippen molar-refractivity contribution in [3.05, 3.63) is 42.2 Å². The van der Waals surface area contributed by atoms with Gasteiger partial charge in [0.15, 0.2) is 9.84 Å². The van der Waals surface area contributed by atoms with Crippen molar-refractivity contribution in [2.24, 2.45) is 5.92 Å². The lowest BCUT2D eigenvalue weighted by molar-refractivity contribution is -0.169. The number of alkyl halides is 5. The number of likely N-dealkylation sites (tertiary alicyclic amines) is 1. The summed E-state index contributed by atoms with van der Waals surface area (Å²) >= 11 is 0. The topological polar surface area (TPSA) is 72.3 Å². The van der Waals surface area contributed by atoms with Crippen LogP contribution in [0.25, 0.3) is 5.69 Å². The summed E-state index contributed by atoms with van der Waals surface area (Å²) in [5.74, 6) is -4.32.